The smallest absolute Gasteiger partial charge is 0.280 e. The second-order valence-corrected chi connectivity index (χ2v) is 5.45. The van der Waals surface area contributed by atoms with Crippen LogP contribution >= 0.6 is 11.6 Å². The molecule has 2 aromatic carbocycles. The molecule has 0 N–H and O–H groups in total. The number of benzene rings is 2. The fourth-order valence-electron chi connectivity index (χ4n) is 2.26. The summed E-state index contributed by atoms with van der Waals surface area (Å²) < 4.78 is 18.4. The van der Waals surface area contributed by atoms with Crippen molar-refractivity contribution in [1.82, 2.24) is 5.01 Å². The van der Waals surface area contributed by atoms with Gasteiger partial charge in [0, 0.05) is 12.5 Å². The number of rotatable bonds is 4. The van der Waals surface area contributed by atoms with Crippen LogP contribution in [0.2, 0.25) is 5.02 Å². The summed E-state index contributed by atoms with van der Waals surface area (Å²) >= 11 is 5.67. The topological polar surface area (TPSA) is 41.9 Å². The van der Waals surface area contributed by atoms with Crippen LogP contribution in [0.25, 0.3) is 0 Å². The highest BCUT2D eigenvalue weighted by Gasteiger charge is 2.21. The van der Waals surface area contributed by atoms with Crippen molar-refractivity contribution >= 4 is 23.2 Å². The van der Waals surface area contributed by atoms with E-state index in [9.17, 15) is 9.18 Å². The van der Waals surface area contributed by atoms with Gasteiger partial charge >= 0.3 is 0 Å². The molecule has 0 aliphatic carbocycles. The molecule has 1 amide bonds. The van der Waals surface area contributed by atoms with Gasteiger partial charge in [-0.25, -0.2) is 9.40 Å². The van der Waals surface area contributed by atoms with E-state index >= 15 is 0 Å². The predicted octanol–water partition coefficient (Wildman–Crippen LogP) is 3.49. The number of amides is 1. The minimum absolute atomic E-state index is 0.0412. The van der Waals surface area contributed by atoms with Gasteiger partial charge in [-0.05, 0) is 17.7 Å². The molecular weight excluding hydrogens is 319 g/mol. The molecule has 0 fully saturated rings. The summed E-state index contributed by atoms with van der Waals surface area (Å²) in [6.45, 7) is 0.351. The van der Waals surface area contributed by atoms with E-state index < -0.39 is 5.82 Å². The van der Waals surface area contributed by atoms with E-state index in [1.807, 2.05) is 30.3 Å². The lowest BCUT2D eigenvalue weighted by Crippen LogP contribution is -2.28. The van der Waals surface area contributed by atoms with Crippen molar-refractivity contribution in [3.05, 3.63) is 64.9 Å². The number of ether oxygens (including phenoxy) is 1. The van der Waals surface area contributed by atoms with Crippen LogP contribution in [-0.4, -0.2) is 29.8 Å². The van der Waals surface area contributed by atoms with E-state index in [0.717, 1.165) is 11.3 Å². The zero-order valence-electron chi connectivity index (χ0n) is 12.2. The van der Waals surface area contributed by atoms with E-state index in [1.54, 1.807) is 0 Å². The Morgan fingerprint density at radius 3 is 2.78 bits per heavy atom. The highest BCUT2D eigenvalue weighted by Crippen LogP contribution is 2.21. The summed E-state index contributed by atoms with van der Waals surface area (Å²) in [5.74, 6) is -0.436. The third-order valence-corrected chi connectivity index (χ3v) is 3.74. The van der Waals surface area contributed by atoms with Crippen molar-refractivity contribution in [1.29, 1.82) is 0 Å². The summed E-state index contributed by atoms with van der Waals surface area (Å²) in [7, 11) is 0. The molecule has 1 heterocycles. The van der Waals surface area contributed by atoms with Crippen LogP contribution in [0.4, 0.5) is 4.39 Å². The largest absolute Gasteiger partial charge is 0.484 e. The molecule has 0 saturated heterocycles. The Hall–Kier alpha value is -2.40. The van der Waals surface area contributed by atoms with Gasteiger partial charge in [-0.15, -0.1) is 0 Å². The van der Waals surface area contributed by atoms with E-state index in [0.29, 0.717) is 18.7 Å². The Labute approximate surface area is 138 Å². The summed E-state index contributed by atoms with van der Waals surface area (Å²) in [4.78, 5) is 12.1. The van der Waals surface area contributed by atoms with Crippen molar-refractivity contribution in [2.75, 3.05) is 13.2 Å². The lowest BCUT2D eigenvalue weighted by atomic mass is 10.1. The number of carbonyl (C=O) groups excluding carboxylic acids is 1. The average molecular weight is 333 g/mol. The van der Waals surface area contributed by atoms with Gasteiger partial charge in [0.15, 0.2) is 6.61 Å². The summed E-state index contributed by atoms with van der Waals surface area (Å²) in [5.41, 5.74) is 1.89. The quantitative estimate of drug-likeness (QED) is 0.860. The van der Waals surface area contributed by atoms with Crippen LogP contribution in [0.15, 0.2) is 53.6 Å². The highest BCUT2D eigenvalue weighted by atomic mass is 35.5. The molecule has 0 bridgehead atoms. The zero-order valence-corrected chi connectivity index (χ0v) is 13.0. The van der Waals surface area contributed by atoms with Crippen LogP contribution in [-0.2, 0) is 4.79 Å². The molecule has 4 nitrogen and oxygen atoms in total. The van der Waals surface area contributed by atoms with E-state index in [1.165, 1.54) is 23.2 Å². The molecule has 0 radical (unpaired) electrons. The Bertz CT molecular complexity index is 750. The lowest BCUT2D eigenvalue weighted by molar-refractivity contribution is -0.132. The Balaban J connectivity index is 1.61. The van der Waals surface area contributed by atoms with Crippen molar-refractivity contribution < 1.29 is 13.9 Å². The molecular formula is C17H14ClFN2O2. The minimum Gasteiger partial charge on any atom is -0.484 e. The van der Waals surface area contributed by atoms with Crippen molar-refractivity contribution in [3.8, 4) is 5.75 Å². The second kappa shape index (κ2) is 6.79. The SMILES string of the molecule is O=C(COc1ccc(F)c(Cl)c1)N1CCC(c2ccccc2)=N1. The van der Waals surface area contributed by atoms with Gasteiger partial charge in [0.2, 0.25) is 0 Å². The second-order valence-electron chi connectivity index (χ2n) is 5.04. The van der Waals surface area contributed by atoms with Gasteiger partial charge in [0.1, 0.15) is 11.6 Å². The standard InChI is InChI=1S/C17H14ClFN2O2/c18-14-10-13(6-7-15(14)19)23-11-17(22)21-9-8-16(20-21)12-4-2-1-3-5-12/h1-7,10H,8-9,11H2. The summed E-state index contributed by atoms with van der Waals surface area (Å²) in [5, 5.41) is 5.69. The maximum absolute atomic E-state index is 13.1. The van der Waals surface area contributed by atoms with Gasteiger partial charge < -0.3 is 4.74 Å². The summed E-state index contributed by atoms with van der Waals surface area (Å²) in [6.07, 6.45) is 0.706. The first-order valence-corrected chi connectivity index (χ1v) is 7.52. The number of hydrogen-bond donors (Lipinski definition) is 0. The molecule has 118 valence electrons. The van der Waals surface area contributed by atoms with Gasteiger partial charge in [-0.2, -0.15) is 5.10 Å². The molecule has 0 spiro atoms. The first-order valence-electron chi connectivity index (χ1n) is 7.14. The van der Waals surface area contributed by atoms with Crippen LogP contribution < -0.4 is 4.74 Å². The number of hydrazone groups is 1. The first kappa shape index (κ1) is 15.5. The molecule has 6 heteroatoms. The molecule has 1 aliphatic heterocycles. The monoisotopic (exact) mass is 332 g/mol. The van der Waals surface area contributed by atoms with Crippen molar-refractivity contribution in [2.24, 2.45) is 5.10 Å². The third-order valence-electron chi connectivity index (χ3n) is 3.45. The fourth-order valence-corrected chi connectivity index (χ4v) is 2.43. The first-order chi connectivity index (χ1) is 11.1. The summed E-state index contributed by atoms with van der Waals surface area (Å²) in [6, 6.07) is 13.7. The van der Waals surface area contributed by atoms with Gasteiger partial charge in [-0.1, -0.05) is 41.9 Å². The number of nitrogens with zero attached hydrogens (tertiary/aromatic N) is 2. The minimum atomic E-state index is -0.526. The molecule has 1 aliphatic rings. The Kier molecular flexibility index (Phi) is 4.57. The van der Waals surface area contributed by atoms with Crippen LogP contribution in [0.3, 0.4) is 0 Å². The van der Waals surface area contributed by atoms with E-state index in [4.69, 9.17) is 16.3 Å². The number of halogens is 2. The molecule has 3 rings (SSSR count). The Morgan fingerprint density at radius 2 is 2.04 bits per heavy atom. The normalized spacial score (nSPS) is 13.8. The molecule has 2 aromatic rings. The number of hydrogen-bond acceptors (Lipinski definition) is 3. The van der Waals surface area contributed by atoms with Crippen LogP contribution in [0, 0.1) is 5.82 Å². The van der Waals surface area contributed by atoms with Crippen molar-refractivity contribution in [3.63, 3.8) is 0 Å². The average Bonchev–Trinajstić information content (AvgIpc) is 3.06. The maximum atomic E-state index is 13.1. The Morgan fingerprint density at radius 1 is 1.26 bits per heavy atom. The number of carbonyl (C=O) groups is 1. The molecule has 0 unspecified atom stereocenters. The maximum Gasteiger partial charge on any atom is 0.280 e. The van der Waals surface area contributed by atoms with Crippen molar-refractivity contribution in [2.45, 2.75) is 6.42 Å². The molecule has 23 heavy (non-hydrogen) atoms. The van der Waals surface area contributed by atoms with Crippen LogP contribution in [0.5, 0.6) is 5.75 Å². The third kappa shape index (κ3) is 3.68. The molecule has 0 aromatic heterocycles. The fraction of sp³-hybridized carbons (Fsp3) is 0.176. The predicted molar refractivity (Wildman–Crippen MR) is 86.2 cm³/mol. The van der Waals surface area contributed by atoms with Gasteiger partial charge in [-0.3, -0.25) is 4.79 Å². The lowest BCUT2D eigenvalue weighted by Gasteiger charge is -2.12. The molecule has 0 saturated carbocycles. The molecule has 0 atom stereocenters. The van der Waals surface area contributed by atoms with Gasteiger partial charge in [0.25, 0.3) is 5.91 Å². The van der Waals surface area contributed by atoms with E-state index in [-0.39, 0.29) is 17.5 Å². The highest BCUT2D eigenvalue weighted by molar-refractivity contribution is 6.30. The van der Waals surface area contributed by atoms with E-state index in [2.05, 4.69) is 5.10 Å². The van der Waals surface area contributed by atoms with Crippen LogP contribution in [0.1, 0.15) is 12.0 Å². The zero-order chi connectivity index (χ0) is 16.2. The van der Waals surface area contributed by atoms with Gasteiger partial charge in [0.05, 0.1) is 17.3 Å².